The maximum atomic E-state index is 5.24. The maximum absolute atomic E-state index is 5.24. The molecule has 2 rings (SSSR count). The van der Waals surface area contributed by atoms with Crippen molar-refractivity contribution in [3.05, 3.63) is 48.5 Å². The Kier molecular flexibility index (Phi) is 2.22. The highest BCUT2D eigenvalue weighted by atomic mass is 16.7. The average molecular weight is 174 g/mol. The lowest BCUT2D eigenvalue weighted by atomic mass is 10.4. The molecule has 65 valence electrons. The predicted molar refractivity (Wildman–Crippen MR) is 45.6 cm³/mol. The molecule has 4 heteroatoms. The molecule has 0 aromatic carbocycles. The molecule has 4 nitrogen and oxygen atoms in total. The van der Waals surface area contributed by atoms with E-state index >= 15 is 0 Å². The van der Waals surface area contributed by atoms with Crippen LogP contribution in [0.2, 0.25) is 0 Å². The second-order valence-corrected chi connectivity index (χ2v) is 2.44. The predicted octanol–water partition coefficient (Wildman–Crippen LogP) is 0.707. The van der Waals surface area contributed by atoms with Gasteiger partial charge in [-0.1, -0.05) is 6.07 Å². The Bertz CT molecular complexity index is 344. The Labute approximate surface area is 75.7 Å². The van der Waals surface area contributed by atoms with Crippen LogP contribution < -0.4 is 4.84 Å². The first kappa shape index (κ1) is 7.79. The van der Waals surface area contributed by atoms with Crippen LogP contribution in [0.5, 0.6) is 0 Å². The smallest absolute Gasteiger partial charge is 0.159 e. The van der Waals surface area contributed by atoms with E-state index in [1.165, 1.54) is 4.85 Å². The summed E-state index contributed by atoms with van der Waals surface area (Å²) in [6.45, 7) is 0.413. The fraction of sp³-hybridized carbons (Fsp3) is 0.111. The summed E-state index contributed by atoms with van der Waals surface area (Å²) >= 11 is 0. The molecule has 0 atom stereocenters. The van der Waals surface area contributed by atoms with Crippen LogP contribution in [-0.4, -0.2) is 14.9 Å². The molecule has 0 aliphatic rings. The van der Waals surface area contributed by atoms with Gasteiger partial charge in [-0.2, -0.15) is 0 Å². The lowest BCUT2D eigenvalue weighted by Gasteiger charge is -2.02. The molecule has 0 unspecified atom stereocenters. The average Bonchev–Trinajstić information content (AvgIpc) is 2.69. The minimum Gasteiger partial charge on any atom is -0.390 e. The van der Waals surface area contributed by atoms with Gasteiger partial charge in [0.25, 0.3) is 0 Å². The van der Waals surface area contributed by atoms with Crippen molar-refractivity contribution in [2.24, 2.45) is 0 Å². The topological polar surface area (TPSA) is 39.9 Å². The molecule has 0 N–H and O–H groups in total. The van der Waals surface area contributed by atoms with Crippen LogP contribution in [0.25, 0.3) is 0 Å². The van der Waals surface area contributed by atoms with Crippen LogP contribution in [0.3, 0.4) is 0 Å². The Morgan fingerprint density at radius 1 is 1.46 bits per heavy atom. The summed E-state index contributed by atoms with van der Waals surface area (Å²) in [7, 11) is 0. The number of nitrogens with zero attached hydrogens (tertiary/aromatic N) is 3. The van der Waals surface area contributed by atoms with E-state index in [0.29, 0.717) is 6.61 Å². The van der Waals surface area contributed by atoms with Crippen molar-refractivity contribution in [1.82, 2.24) is 14.9 Å². The molecular formula is C9H8N3O. The third-order valence-electron chi connectivity index (χ3n) is 1.50. The quantitative estimate of drug-likeness (QED) is 0.687. The van der Waals surface area contributed by atoms with Crippen LogP contribution in [-0.2, 0) is 6.61 Å². The first-order valence-electron chi connectivity index (χ1n) is 3.90. The fourth-order valence-electron chi connectivity index (χ4n) is 0.908. The van der Waals surface area contributed by atoms with Gasteiger partial charge in [0.15, 0.2) is 6.61 Å². The lowest BCUT2D eigenvalue weighted by molar-refractivity contribution is 0.0678. The highest BCUT2D eigenvalue weighted by Crippen LogP contribution is 1.93. The van der Waals surface area contributed by atoms with E-state index in [0.717, 1.165) is 5.69 Å². The third kappa shape index (κ3) is 2.05. The molecule has 2 aromatic heterocycles. The number of rotatable bonds is 3. The second-order valence-electron chi connectivity index (χ2n) is 2.44. The summed E-state index contributed by atoms with van der Waals surface area (Å²) < 4.78 is 0. The van der Waals surface area contributed by atoms with E-state index in [1.54, 1.807) is 18.5 Å². The van der Waals surface area contributed by atoms with Crippen LogP contribution >= 0.6 is 0 Å². The SMILES string of the molecule is [c]1ccn(OCc2ccccn2)n1. The highest BCUT2D eigenvalue weighted by Gasteiger charge is 1.93. The van der Waals surface area contributed by atoms with E-state index in [4.69, 9.17) is 4.84 Å². The normalized spacial score (nSPS) is 9.85. The highest BCUT2D eigenvalue weighted by molar-refractivity contribution is 5.01. The van der Waals surface area contributed by atoms with Gasteiger partial charge in [0.05, 0.1) is 11.9 Å². The van der Waals surface area contributed by atoms with Crippen LogP contribution in [0, 0.1) is 6.20 Å². The first-order valence-corrected chi connectivity index (χ1v) is 3.90. The van der Waals surface area contributed by atoms with Crippen molar-refractivity contribution < 1.29 is 4.84 Å². The lowest BCUT2D eigenvalue weighted by Crippen LogP contribution is -2.11. The van der Waals surface area contributed by atoms with Crippen molar-refractivity contribution in [2.45, 2.75) is 6.61 Å². The largest absolute Gasteiger partial charge is 0.390 e. The molecule has 1 radical (unpaired) electrons. The fourth-order valence-corrected chi connectivity index (χ4v) is 0.908. The van der Waals surface area contributed by atoms with Gasteiger partial charge in [-0.15, -0.1) is 9.94 Å². The van der Waals surface area contributed by atoms with Crippen LogP contribution in [0.1, 0.15) is 5.69 Å². The summed E-state index contributed by atoms with van der Waals surface area (Å²) in [5.74, 6) is 0. The Morgan fingerprint density at radius 3 is 3.15 bits per heavy atom. The van der Waals surface area contributed by atoms with Crippen LogP contribution in [0.4, 0.5) is 0 Å². The second kappa shape index (κ2) is 3.71. The van der Waals surface area contributed by atoms with Gasteiger partial charge in [0.1, 0.15) is 6.20 Å². The molecule has 0 amide bonds. The number of hydrogen-bond acceptors (Lipinski definition) is 3. The molecule has 0 aliphatic heterocycles. The summed E-state index contributed by atoms with van der Waals surface area (Å²) in [4.78, 5) is 10.7. The molecule has 0 aliphatic carbocycles. The zero-order chi connectivity index (χ0) is 8.93. The standard InChI is InChI=1S/C9H8N3O/c1-2-5-10-9(4-1)8-13-12-7-3-6-11-12/h1-5,7H,8H2. The van der Waals surface area contributed by atoms with Gasteiger partial charge in [0, 0.05) is 6.20 Å². The summed E-state index contributed by atoms with van der Waals surface area (Å²) in [6, 6.07) is 7.36. The van der Waals surface area contributed by atoms with Gasteiger partial charge in [-0.25, -0.2) is 0 Å². The van der Waals surface area contributed by atoms with Crippen molar-refractivity contribution in [3.63, 3.8) is 0 Å². The van der Waals surface area contributed by atoms with E-state index in [9.17, 15) is 0 Å². The summed E-state index contributed by atoms with van der Waals surface area (Å²) in [6.07, 6.45) is 6.05. The zero-order valence-corrected chi connectivity index (χ0v) is 6.92. The van der Waals surface area contributed by atoms with E-state index in [-0.39, 0.29) is 0 Å². The molecular weight excluding hydrogens is 166 g/mol. The van der Waals surface area contributed by atoms with Crippen molar-refractivity contribution in [3.8, 4) is 0 Å². The Hall–Kier alpha value is -1.84. The Morgan fingerprint density at radius 2 is 2.46 bits per heavy atom. The molecule has 13 heavy (non-hydrogen) atoms. The minimum atomic E-state index is 0.413. The molecule has 0 saturated heterocycles. The molecule has 0 spiro atoms. The van der Waals surface area contributed by atoms with E-state index in [1.807, 2.05) is 18.2 Å². The molecule has 0 saturated carbocycles. The minimum absolute atomic E-state index is 0.413. The van der Waals surface area contributed by atoms with Gasteiger partial charge in [-0.05, 0) is 18.2 Å². The molecule has 0 fully saturated rings. The van der Waals surface area contributed by atoms with Gasteiger partial charge in [0.2, 0.25) is 0 Å². The van der Waals surface area contributed by atoms with Crippen molar-refractivity contribution in [2.75, 3.05) is 0 Å². The van der Waals surface area contributed by atoms with Crippen LogP contribution in [0.15, 0.2) is 36.7 Å². The van der Waals surface area contributed by atoms with Crippen molar-refractivity contribution in [1.29, 1.82) is 0 Å². The monoisotopic (exact) mass is 174 g/mol. The first-order chi connectivity index (χ1) is 6.45. The van der Waals surface area contributed by atoms with E-state index < -0.39 is 0 Å². The summed E-state index contributed by atoms with van der Waals surface area (Å²) in [5.41, 5.74) is 0.873. The third-order valence-corrected chi connectivity index (χ3v) is 1.50. The van der Waals surface area contributed by atoms with Gasteiger partial charge < -0.3 is 4.84 Å². The maximum Gasteiger partial charge on any atom is 0.159 e. The van der Waals surface area contributed by atoms with Gasteiger partial charge >= 0.3 is 0 Å². The van der Waals surface area contributed by atoms with Crippen molar-refractivity contribution >= 4 is 0 Å². The molecule has 2 aromatic rings. The molecule has 2 heterocycles. The van der Waals surface area contributed by atoms with E-state index in [2.05, 4.69) is 16.3 Å². The number of hydrogen-bond donors (Lipinski definition) is 0. The zero-order valence-electron chi connectivity index (χ0n) is 6.92. The number of pyridine rings is 1. The van der Waals surface area contributed by atoms with Gasteiger partial charge in [-0.3, -0.25) is 4.98 Å². The molecule has 0 bridgehead atoms. The number of aromatic nitrogens is 3. The Balaban J connectivity index is 1.94. The summed E-state index contributed by atoms with van der Waals surface area (Å²) in [5, 5.41) is 3.77.